The number of nitrogens with two attached hydrogens (primary N) is 1. The van der Waals surface area contributed by atoms with Crippen LogP contribution in [0.4, 0.5) is 0 Å². The second-order valence-corrected chi connectivity index (χ2v) is 8.18. The third-order valence-electron chi connectivity index (χ3n) is 6.70. The summed E-state index contributed by atoms with van der Waals surface area (Å²) < 4.78 is 0. The molecule has 0 aromatic heterocycles. The van der Waals surface area contributed by atoms with Crippen LogP contribution in [0.1, 0.15) is 36.0 Å². The molecule has 1 amide bonds. The minimum atomic E-state index is -2.81. The number of aliphatic hydroxyl groups excluding tert-OH is 3. The van der Waals surface area contributed by atoms with Gasteiger partial charge in [-0.05, 0) is 24.0 Å². The molecule has 0 bridgehead atoms. The maximum Gasteiger partial charge on any atom is 0.255 e. The molecule has 9 heteroatoms. The van der Waals surface area contributed by atoms with Crippen LogP contribution in [-0.4, -0.2) is 54.7 Å². The molecule has 1 saturated carbocycles. The first-order valence-corrected chi connectivity index (χ1v) is 9.42. The van der Waals surface area contributed by atoms with Crippen molar-refractivity contribution >= 4 is 23.2 Å². The Balaban J connectivity index is 2.03. The number of carbonyl (C=O) groups excluding carboxylic acids is 3. The van der Waals surface area contributed by atoms with Crippen LogP contribution < -0.4 is 5.73 Å². The van der Waals surface area contributed by atoms with Crippen LogP contribution in [0.25, 0.3) is 5.76 Å². The molecule has 3 aliphatic carbocycles. The van der Waals surface area contributed by atoms with Crippen molar-refractivity contribution < 1.29 is 39.9 Å². The first kappa shape index (κ1) is 20.1. The van der Waals surface area contributed by atoms with Gasteiger partial charge in [-0.1, -0.05) is 19.1 Å². The Morgan fingerprint density at radius 2 is 1.83 bits per heavy atom. The van der Waals surface area contributed by atoms with Gasteiger partial charge in [0.25, 0.3) is 5.91 Å². The van der Waals surface area contributed by atoms with Gasteiger partial charge in [-0.15, -0.1) is 0 Å². The standard InChI is InChI=1S/C21H21NO8/c1-6-3-4-8-7(2)11-14(17(26)12(8)15(6)24)19(28)21(30)9(16(11)25)5-10(23)13(18(21)27)20(22)29/h3-4,7,9,11,16,24-27,30H,5H2,1-2H3,(H2,22,29). The van der Waals surface area contributed by atoms with Crippen LogP contribution in [0.5, 0.6) is 5.75 Å². The van der Waals surface area contributed by atoms with Gasteiger partial charge >= 0.3 is 0 Å². The number of amides is 1. The Morgan fingerprint density at radius 1 is 1.20 bits per heavy atom. The number of phenols is 1. The van der Waals surface area contributed by atoms with E-state index < -0.39 is 70.4 Å². The molecule has 0 heterocycles. The van der Waals surface area contributed by atoms with Gasteiger partial charge in [-0.3, -0.25) is 14.4 Å². The number of aryl methyl sites for hydroxylation is 1. The van der Waals surface area contributed by atoms with Gasteiger partial charge in [-0.25, -0.2) is 0 Å². The highest BCUT2D eigenvalue weighted by Crippen LogP contribution is 2.55. The summed E-state index contributed by atoms with van der Waals surface area (Å²) in [5.74, 6) is -8.49. The normalized spacial score (nSPS) is 33.2. The van der Waals surface area contributed by atoms with Gasteiger partial charge in [0.05, 0.1) is 11.7 Å². The number of ketones is 2. The second-order valence-electron chi connectivity index (χ2n) is 8.18. The van der Waals surface area contributed by atoms with Crippen molar-refractivity contribution in [2.75, 3.05) is 0 Å². The number of aromatic hydroxyl groups is 1. The first-order valence-electron chi connectivity index (χ1n) is 9.42. The van der Waals surface area contributed by atoms with Crippen molar-refractivity contribution in [3.63, 3.8) is 0 Å². The minimum absolute atomic E-state index is 0.00169. The van der Waals surface area contributed by atoms with Crippen LogP contribution in [-0.2, 0) is 14.4 Å². The highest BCUT2D eigenvalue weighted by atomic mass is 16.4. The number of primary amides is 1. The van der Waals surface area contributed by atoms with E-state index in [0.29, 0.717) is 11.1 Å². The summed E-state index contributed by atoms with van der Waals surface area (Å²) in [6.07, 6.45) is -2.10. The largest absolute Gasteiger partial charge is 0.508 e. The highest BCUT2D eigenvalue weighted by Gasteiger charge is 2.64. The molecular formula is C21H21NO8. The molecule has 1 aromatic rings. The number of rotatable bonds is 1. The predicted octanol–water partition coefficient (Wildman–Crippen LogP) is 0.264. The number of hydrogen-bond acceptors (Lipinski definition) is 8. The average Bonchev–Trinajstić information content (AvgIpc) is 2.67. The molecule has 30 heavy (non-hydrogen) atoms. The Hall–Kier alpha value is -3.17. The number of hydrogen-bond donors (Lipinski definition) is 6. The number of phenolic OH excluding ortho intramolecular Hbond substituents is 1. The molecule has 5 atom stereocenters. The maximum absolute atomic E-state index is 13.4. The van der Waals surface area contributed by atoms with E-state index in [-0.39, 0.29) is 16.9 Å². The SMILES string of the molecule is Cc1ccc2c(c1O)C(O)=C1C(=O)C3(O)C(O)=C(C(N)=O)C(=O)CC3C(O)C1C2C. The number of carbonyl (C=O) groups is 3. The van der Waals surface area contributed by atoms with Gasteiger partial charge in [0.15, 0.2) is 11.4 Å². The monoisotopic (exact) mass is 415 g/mol. The molecule has 5 unspecified atom stereocenters. The molecule has 158 valence electrons. The fourth-order valence-electron chi connectivity index (χ4n) is 5.10. The highest BCUT2D eigenvalue weighted by molar-refractivity contribution is 6.22. The Bertz CT molecular complexity index is 1100. The van der Waals surface area contributed by atoms with Gasteiger partial charge < -0.3 is 31.3 Å². The second kappa shape index (κ2) is 6.16. The number of aliphatic hydroxyl groups is 4. The van der Waals surface area contributed by atoms with E-state index in [1.54, 1.807) is 26.0 Å². The Kier molecular flexibility index (Phi) is 4.13. The quantitative estimate of drug-likeness (QED) is 0.354. The fraction of sp³-hybridized carbons (Fsp3) is 0.381. The summed E-state index contributed by atoms with van der Waals surface area (Å²) in [5.41, 5.74) is 1.96. The van der Waals surface area contributed by atoms with Gasteiger partial charge in [0, 0.05) is 23.8 Å². The molecule has 9 nitrogen and oxygen atoms in total. The zero-order chi connectivity index (χ0) is 22.3. The lowest BCUT2D eigenvalue weighted by molar-refractivity contribution is -0.160. The third kappa shape index (κ3) is 2.21. The van der Waals surface area contributed by atoms with Crippen molar-refractivity contribution in [3.8, 4) is 5.75 Å². The fourth-order valence-corrected chi connectivity index (χ4v) is 5.10. The van der Waals surface area contributed by atoms with E-state index in [1.807, 2.05) is 0 Å². The van der Waals surface area contributed by atoms with E-state index >= 15 is 0 Å². The summed E-state index contributed by atoms with van der Waals surface area (Å²) in [6, 6.07) is 3.29. The zero-order valence-corrected chi connectivity index (χ0v) is 16.2. The smallest absolute Gasteiger partial charge is 0.255 e. The number of fused-ring (bicyclic) bond motifs is 3. The summed E-state index contributed by atoms with van der Waals surface area (Å²) >= 11 is 0. The molecule has 7 N–H and O–H groups in total. The lowest BCUT2D eigenvalue weighted by atomic mass is 9.55. The van der Waals surface area contributed by atoms with E-state index in [2.05, 4.69) is 0 Å². The molecule has 1 fully saturated rings. The topological polar surface area (TPSA) is 178 Å². The van der Waals surface area contributed by atoms with Crippen LogP contribution in [0.15, 0.2) is 29.0 Å². The molecule has 1 aromatic carbocycles. The number of benzene rings is 1. The van der Waals surface area contributed by atoms with Crippen molar-refractivity contribution in [1.29, 1.82) is 0 Å². The third-order valence-corrected chi connectivity index (χ3v) is 6.70. The van der Waals surface area contributed by atoms with Crippen LogP contribution in [0, 0.1) is 18.8 Å². The van der Waals surface area contributed by atoms with Crippen molar-refractivity contribution in [2.24, 2.45) is 17.6 Å². The van der Waals surface area contributed by atoms with Gasteiger partial charge in [0.2, 0.25) is 5.78 Å². The summed E-state index contributed by atoms with van der Waals surface area (Å²) in [4.78, 5) is 37.4. The van der Waals surface area contributed by atoms with Gasteiger partial charge in [-0.2, -0.15) is 0 Å². The van der Waals surface area contributed by atoms with Crippen molar-refractivity contribution in [2.45, 2.75) is 37.9 Å². The lowest BCUT2D eigenvalue weighted by Crippen LogP contribution is -2.63. The summed E-state index contributed by atoms with van der Waals surface area (Å²) in [6.45, 7) is 3.28. The molecular weight excluding hydrogens is 394 g/mol. The zero-order valence-electron chi connectivity index (χ0n) is 16.2. The lowest BCUT2D eigenvalue weighted by Gasteiger charge is -2.50. The molecule has 0 spiro atoms. The van der Waals surface area contributed by atoms with Crippen LogP contribution >= 0.6 is 0 Å². The Morgan fingerprint density at radius 3 is 2.43 bits per heavy atom. The summed E-state index contributed by atoms with van der Waals surface area (Å²) in [5, 5.41) is 54.1. The molecule has 0 radical (unpaired) electrons. The number of Topliss-reactive ketones (excluding diaryl/α,β-unsaturated/α-hetero) is 2. The van der Waals surface area contributed by atoms with Crippen molar-refractivity contribution in [3.05, 3.63) is 45.7 Å². The molecule has 0 saturated heterocycles. The summed E-state index contributed by atoms with van der Waals surface area (Å²) in [7, 11) is 0. The molecule has 3 aliphatic rings. The van der Waals surface area contributed by atoms with Crippen LogP contribution in [0.2, 0.25) is 0 Å². The van der Waals surface area contributed by atoms with E-state index in [4.69, 9.17) is 5.73 Å². The van der Waals surface area contributed by atoms with E-state index in [1.165, 1.54) is 0 Å². The predicted molar refractivity (Wildman–Crippen MR) is 102 cm³/mol. The van der Waals surface area contributed by atoms with Crippen molar-refractivity contribution in [1.82, 2.24) is 0 Å². The molecule has 0 aliphatic heterocycles. The van der Waals surface area contributed by atoms with E-state index in [0.717, 1.165) is 0 Å². The van der Waals surface area contributed by atoms with E-state index in [9.17, 15) is 39.9 Å². The first-order chi connectivity index (χ1) is 13.9. The molecule has 4 rings (SSSR count). The maximum atomic E-state index is 13.4. The Labute approximate surface area is 170 Å². The average molecular weight is 415 g/mol. The van der Waals surface area contributed by atoms with Gasteiger partial charge in [0.1, 0.15) is 22.8 Å². The van der Waals surface area contributed by atoms with Crippen LogP contribution in [0.3, 0.4) is 0 Å². The minimum Gasteiger partial charge on any atom is -0.508 e.